The van der Waals surface area contributed by atoms with E-state index in [4.69, 9.17) is 0 Å². The number of ketones is 1. The van der Waals surface area contributed by atoms with Crippen LogP contribution in [-0.2, 0) is 33.9 Å². The van der Waals surface area contributed by atoms with Gasteiger partial charge in [0, 0.05) is 28.6 Å². The van der Waals surface area contributed by atoms with Crippen molar-refractivity contribution in [3.8, 4) is 0 Å². The van der Waals surface area contributed by atoms with Gasteiger partial charge in [-0.1, -0.05) is 19.1 Å². The van der Waals surface area contributed by atoms with E-state index in [-0.39, 0.29) is 23.8 Å². The fourth-order valence-electron chi connectivity index (χ4n) is 4.72. The summed E-state index contributed by atoms with van der Waals surface area (Å²) in [6, 6.07) is 10.4. The summed E-state index contributed by atoms with van der Waals surface area (Å²) >= 11 is 0. The van der Waals surface area contributed by atoms with E-state index in [0.717, 1.165) is 10.5 Å². The highest BCUT2D eigenvalue weighted by Crippen LogP contribution is 2.39. The Labute approximate surface area is 215 Å². The summed E-state index contributed by atoms with van der Waals surface area (Å²) in [7, 11) is -1.04. The molecule has 2 atom stereocenters. The Kier molecular flexibility index (Phi) is 6.45. The van der Waals surface area contributed by atoms with Gasteiger partial charge in [-0.3, -0.25) is 23.2 Å². The molecule has 1 N–H and O–H groups in total. The molecule has 0 spiro atoms. The second kappa shape index (κ2) is 9.59. The lowest BCUT2D eigenvalue weighted by Gasteiger charge is -2.32. The van der Waals surface area contributed by atoms with Crippen LogP contribution in [0.15, 0.2) is 53.7 Å². The van der Waals surface area contributed by atoms with Gasteiger partial charge in [0.1, 0.15) is 5.82 Å². The van der Waals surface area contributed by atoms with Gasteiger partial charge in [-0.25, -0.2) is 9.97 Å². The van der Waals surface area contributed by atoms with Crippen molar-refractivity contribution in [2.24, 2.45) is 0 Å². The number of hydrogen-bond donors (Lipinski definition) is 1. The molecule has 2 unspecified atom stereocenters. The minimum Gasteiger partial charge on any atom is -0.310 e. The van der Waals surface area contributed by atoms with E-state index in [1.165, 1.54) is 16.8 Å². The molecule has 3 heterocycles. The highest BCUT2D eigenvalue weighted by atomic mass is 32.2. The van der Waals surface area contributed by atoms with Crippen molar-refractivity contribution in [1.82, 2.24) is 19.4 Å². The Balaban J connectivity index is 1.34. The van der Waals surface area contributed by atoms with Gasteiger partial charge in [0.05, 0.1) is 39.7 Å². The van der Waals surface area contributed by atoms with E-state index >= 15 is 0 Å². The average molecular weight is 520 g/mol. The molecule has 37 heavy (non-hydrogen) atoms. The molecule has 1 aliphatic carbocycles. The second-order valence-corrected chi connectivity index (χ2v) is 11.1. The number of hydrogen-bond acceptors (Lipinski definition) is 6. The van der Waals surface area contributed by atoms with Crippen molar-refractivity contribution < 1.29 is 18.2 Å². The van der Waals surface area contributed by atoms with E-state index in [1.807, 2.05) is 6.92 Å². The Morgan fingerprint density at radius 1 is 1.19 bits per heavy atom. The number of halogens is 1. The topological polar surface area (TPSA) is 106 Å². The third-order valence-corrected chi connectivity index (χ3v) is 8.15. The van der Waals surface area contributed by atoms with Crippen LogP contribution in [0, 0.1) is 12.9 Å². The standard InChI is InChI=1S/C27H26FN5O3S/c1-4-37(36)18-7-5-17(6-8-18)15-22(34)32-21-10-9-19-20(31-21)11-12-27(3,24(19)35)23-26-30-16(2)25(28)33(26)14-13-29-23/h5-10,13-14H,4,11-12,15H2,1-3H3,(H,31,32,34). The first-order valence-corrected chi connectivity index (χ1v) is 13.3. The maximum absolute atomic E-state index is 14.4. The number of aryl methyl sites for hydroxylation is 2. The normalized spacial score (nSPS) is 18.0. The molecule has 0 radical (unpaired) electrons. The molecule has 1 aromatic carbocycles. The maximum atomic E-state index is 14.4. The minimum absolute atomic E-state index is 0.144. The monoisotopic (exact) mass is 519 g/mol. The minimum atomic E-state index is -1.04. The molecule has 5 rings (SSSR count). The zero-order chi connectivity index (χ0) is 26.3. The number of nitrogens with one attached hydrogen (secondary N) is 1. The number of fused-ring (bicyclic) bond motifs is 2. The number of anilines is 1. The predicted molar refractivity (Wildman–Crippen MR) is 138 cm³/mol. The molecule has 8 nitrogen and oxygen atoms in total. The number of amides is 1. The van der Waals surface area contributed by atoms with Crippen molar-refractivity contribution in [3.05, 3.63) is 82.9 Å². The van der Waals surface area contributed by atoms with Crippen molar-refractivity contribution >= 4 is 34.0 Å². The van der Waals surface area contributed by atoms with E-state index in [0.29, 0.717) is 47.0 Å². The molecule has 0 bridgehead atoms. The largest absolute Gasteiger partial charge is 0.310 e. The Bertz CT molecular complexity index is 1570. The van der Waals surface area contributed by atoms with Gasteiger partial charge in [-0.2, -0.15) is 4.39 Å². The summed E-state index contributed by atoms with van der Waals surface area (Å²) in [6.07, 6.45) is 4.03. The molecule has 0 saturated carbocycles. The van der Waals surface area contributed by atoms with Gasteiger partial charge in [-0.05, 0) is 56.5 Å². The molecule has 0 fully saturated rings. The molecule has 10 heteroatoms. The molecule has 3 aromatic heterocycles. The third-order valence-electron chi connectivity index (χ3n) is 6.83. The molecule has 1 aliphatic rings. The van der Waals surface area contributed by atoms with Gasteiger partial charge < -0.3 is 5.32 Å². The molecule has 0 saturated heterocycles. The van der Waals surface area contributed by atoms with Crippen LogP contribution in [0.5, 0.6) is 0 Å². The van der Waals surface area contributed by atoms with Crippen LogP contribution < -0.4 is 5.32 Å². The number of imidazole rings is 1. The molecular formula is C27H26FN5O3S. The van der Waals surface area contributed by atoms with Gasteiger partial charge in [0.2, 0.25) is 11.9 Å². The van der Waals surface area contributed by atoms with Crippen LogP contribution in [0.25, 0.3) is 5.65 Å². The summed E-state index contributed by atoms with van der Waals surface area (Å²) in [5.41, 5.74) is 1.88. The summed E-state index contributed by atoms with van der Waals surface area (Å²) in [5.74, 6) is 0.0378. The number of nitrogens with zero attached hydrogens (tertiary/aromatic N) is 4. The lowest BCUT2D eigenvalue weighted by Crippen LogP contribution is -2.39. The zero-order valence-corrected chi connectivity index (χ0v) is 21.6. The predicted octanol–water partition coefficient (Wildman–Crippen LogP) is 3.97. The van der Waals surface area contributed by atoms with Crippen LogP contribution in [0.2, 0.25) is 0 Å². The van der Waals surface area contributed by atoms with Crippen molar-refractivity contribution in [2.75, 3.05) is 11.1 Å². The number of Topliss-reactive ketones (excluding diaryl/α,β-unsaturated/α-hetero) is 1. The van der Waals surface area contributed by atoms with Crippen molar-refractivity contribution in [2.45, 2.75) is 50.3 Å². The number of benzene rings is 1. The van der Waals surface area contributed by atoms with Gasteiger partial charge in [-0.15, -0.1) is 0 Å². The SMILES string of the molecule is CCS(=O)c1ccc(CC(=O)Nc2ccc3c(n2)CCC(C)(c2nccn4c(F)c(C)nc24)C3=O)cc1. The summed E-state index contributed by atoms with van der Waals surface area (Å²) in [5, 5.41) is 2.80. The van der Waals surface area contributed by atoms with E-state index < -0.39 is 22.2 Å². The first-order chi connectivity index (χ1) is 17.7. The summed E-state index contributed by atoms with van der Waals surface area (Å²) in [6.45, 7) is 5.24. The lowest BCUT2D eigenvalue weighted by atomic mass is 9.71. The Morgan fingerprint density at radius 3 is 2.68 bits per heavy atom. The molecule has 0 aliphatic heterocycles. The number of carbonyl (C=O) groups is 2. The second-order valence-electron chi connectivity index (χ2n) is 9.31. The van der Waals surface area contributed by atoms with E-state index in [2.05, 4.69) is 20.3 Å². The van der Waals surface area contributed by atoms with Crippen molar-refractivity contribution in [3.63, 3.8) is 0 Å². The molecule has 190 valence electrons. The first kappa shape index (κ1) is 24.9. The molecule has 4 aromatic rings. The maximum Gasteiger partial charge on any atom is 0.229 e. The molecular weight excluding hydrogens is 493 g/mol. The molecule has 1 amide bonds. The zero-order valence-electron chi connectivity index (χ0n) is 20.7. The third kappa shape index (κ3) is 4.46. The highest BCUT2D eigenvalue weighted by Gasteiger charge is 2.43. The quantitative estimate of drug-likeness (QED) is 0.413. The summed E-state index contributed by atoms with van der Waals surface area (Å²) in [4.78, 5) is 40.3. The highest BCUT2D eigenvalue weighted by molar-refractivity contribution is 7.85. The van der Waals surface area contributed by atoms with Gasteiger partial charge in [0.15, 0.2) is 11.4 Å². The number of pyridine rings is 1. The smallest absolute Gasteiger partial charge is 0.229 e. The number of aromatic nitrogens is 4. The van der Waals surface area contributed by atoms with Crippen molar-refractivity contribution in [1.29, 1.82) is 0 Å². The van der Waals surface area contributed by atoms with Gasteiger partial charge >= 0.3 is 0 Å². The van der Waals surface area contributed by atoms with Gasteiger partial charge in [0.25, 0.3) is 0 Å². The van der Waals surface area contributed by atoms with Crippen LogP contribution in [0.1, 0.15) is 53.3 Å². The van der Waals surface area contributed by atoms with E-state index in [9.17, 15) is 18.2 Å². The van der Waals surface area contributed by atoms with Crippen LogP contribution in [0.4, 0.5) is 10.2 Å². The van der Waals surface area contributed by atoms with Crippen LogP contribution in [-0.4, -0.2) is 41.0 Å². The summed E-state index contributed by atoms with van der Waals surface area (Å²) < 4.78 is 27.7. The number of rotatable bonds is 6. The average Bonchev–Trinajstić information content (AvgIpc) is 3.19. The van der Waals surface area contributed by atoms with E-state index in [1.54, 1.807) is 50.2 Å². The number of carbonyl (C=O) groups excluding carboxylic acids is 2. The Hall–Kier alpha value is -3.79. The fourth-order valence-corrected chi connectivity index (χ4v) is 5.50. The first-order valence-electron chi connectivity index (χ1n) is 12.0. The fraction of sp³-hybridized carbons (Fsp3) is 0.296. The van der Waals surface area contributed by atoms with Crippen LogP contribution >= 0.6 is 0 Å². The Morgan fingerprint density at radius 2 is 1.95 bits per heavy atom. The lowest BCUT2D eigenvalue weighted by molar-refractivity contribution is -0.115. The van der Waals surface area contributed by atoms with Crippen LogP contribution in [0.3, 0.4) is 0 Å².